The molecule has 4 unspecified atom stereocenters. The van der Waals surface area contributed by atoms with Crippen LogP contribution < -0.4 is 0 Å². The normalized spacial score (nSPS) is 15.6. The van der Waals surface area contributed by atoms with E-state index in [0.717, 1.165) is 0 Å². The molecule has 2 nitrogen and oxygen atoms in total. The number of hydrogen-bond donors (Lipinski definition) is 0. The Morgan fingerprint density at radius 2 is 0.773 bits per heavy atom. The fourth-order valence-corrected chi connectivity index (χ4v) is 2.43. The summed E-state index contributed by atoms with van der Waals surface area (Å²) in [7, 11) is 0. The van der Waals surface area contributed by atoms with Gasteiger partial charge in [-0.05, 0) is 65.8 Å². The zero-order chi connectivity index (χ0) is 17.7. The van der Waals surface area contributed by atoms with Gasteiger partial charge in [0.05, 0.1) is 0 Å². The standard InChI is InChI=1S/2C10H21N/c2*1-6-9(4)11(8-3)10(5)7-2/h2*8-10H,3,6-7H2,1-2,4-5H3. The SMILES string of the molecule is C=CN(C(C)CC)C(C)CC.C=CN(C(C)CC)C(C)CC. The summed E-state index contributed by atoms with van der Waals surface area (Å²) in [4.78, 5) is 4.67. The second-order valence-corrected chi connectivity index (χ2v) is 6.29. The highest BCUT2D eigenvalue weighted by molar-refractivity contribution is 4.81. The third-order valence-corrected chi connectivity index (χ3v) is 4.82. The van der Waals surface area contributed by atoms with E-state index < -0.39 is 0 Å². The first-order chi connectivity index (χ1) is 10.3. The monoisotopic (exact) mass is 310 g/mol. The van der Waals surface area contributed by atoms with Gasteiger partial charge in [-0.1, -0.05) is 40.9 Å². The molecule has 0 aliphatic rings. The largest absolute Gasteiger partial charge is 0.373 e. The van der Waals surface area contributed by atoms with E-state index in [9.17, 15) is 0 Å². The van der Waals surface area contributed by atoms with Crippen LogP contribution in [0.1, 0.15) is 81.1 Å². The van der Waals surface area contributed by atoms with Gasteiger partial charge in [-0.25, -0.2) is 0 Å². The molecule has 0 aliphatic carbocycles. The van der Waals surface area contributed by atoms with Gasteiger partial charge >= 0.3 is 0 Å². The maximum Gasteiger partial charge on any atom is 0.0256 e. The Balaban J connectivity index is 0. The van der Waals surface area contributed by atoms with Gasteiger partial charge in [0.25, 0.3) is 0 Å². The lowest BCUT2D eigenvalue weighted by Crippen LogP contribution is -2.34. The van der Waals surface area contributed by atoms with E-state index in [-0.39, 0.29) is 0 Å². The Hall–Kier alpha value is -0.920. The van der Waals surface area contributed by atoms with Crippen LogP contribution in [0.3, 0.4) is 0 Å². The highest BCUT2D eigenvalue weighted by atomic mass is 15.2. The molecule has 0 amide bonds. The maximum atomic E-state index is 3.82. The van der Waals surface area contributed by atoms with Crippen molar-refractivity contribution in [2.75, 3.05) is 0 Å². The van der Waals surface area contributed by atoms with E-state index in [1.807, 2.05) is 12.4 Å². The first-order valence-electron chi connectivity index (χ1n) is 9.14. The molecule has 0 aromatic heterocycles. The molecule has 0 fully saturated rings. The first kappa shape index (κ1) is 23.3. The summed E-state index contributed by atoms with van der Waals surface area (Å²) < 4.78 is 0. The van der Waals surface area contributed by atoms with Crippen molar-refractivity contribution in [3.8, 4) is 0 Å². The Morgan fingerprint density at radius 3 is 0.864 bits per heavy atom. The molecular weight excluding hydrogens is 268 g/mol. The highest BCUT2D eigenvalue weighted by Gasteiger charge is 2.12. The first-order valence-corrected chi connectivity index (χ1v) is 9.14. The second-order valence-electron chi connectivity index (χ2n) is 6.29. The minimum atomic E-state index is 0.627. The molecule has 0 saturated heterocycles. The van der Waals surface area contributed by atoms with E-state index in [1.165, 1.54) is 25.7 Å². The third kappa shape index (κ3) is 8.51. The number of hydrogen-bond acceptors (Lipinski definition) is 2. The topological polar surface area (TPSA) is 6.48 Å². The van der Waals surface area contributed by atoms with E-state index in [4.69, 9.17) is 0 Å². The van der Waals surface area contributed by atoms with Crippen molar-refractivity contribution in [1.29, 1.82) is 0 Å². The lowest BCUT2D eigenvalue weighted by atomic mass is 10.1. The molecule has 0 N–H and O–H groups in total. The van der Waals surface area contributed by atoms with Gasteiger partial charge in [0.1, 0.15) is 0 Å². The van der Waals surface area contributed by atoms with Crippen LogP contribution in [0.5, 0.6) is 0 Å². The number of rotatable bonds is 10. The van der Waals surface area contributed by atoms with Crippen molar-refractivity contribution in [3.63, 3.8) is 0 Å². The van der Waals surface area contributed by atoms with Crippen LogP contribution in [0.2, 0.25) is 0 Å². The molecule has 0 spiro atoms. The Bertz CT molecular complexity index is 227. The minimum Gasteiger partial charge on any atom is -0.373 e. The molecule has 2 heteroatoms. The number of nitrogens with zero attached hydrogens (tertiary/aromatic N) is 2. The molecule has 22 heavy (non-hydrogen) atoms. The molecular formula is C20H42N2. The summed E-state index contributed by atoms with van der Waals surface area (Å²) >= 11 is 0. The molecule has 0 aromatic carbocycles. The van der Waals surface area contributed by atoms with Crippen molar-refractivity contribution in [2.45, 2.75) is 105 Å². The quantitative estimate of drug-likeness (QED) is 0.484. The van der Waals surface area contributed by atoms with Gasteiger partial charge in [-0.15, -0.1) is 0 Å². The molecule has 132 valence electrons. The summed E-state index contributed by atoms with van der Waals surface area (Å²) in [6.45, 7) is 25.5. The molecule has 0 radical (unpaired) electrons. The zero-order valence-corrected chi connectivity index (χ0v) is 16.6. The summed E-state index contributed by atoms with van der Waals surface area (Å²) in [6.07, 6.45) is 8.68. The van der Waals surface area contributed by atoms with Crippen LogP contribution in [0.25, 0.3) is 0 Å². The fraction of sp³-hybridized carbons (Fsp3) is 0.800. The lowest BCUT2D eigenvalue weighted by molar-refractivity contribution is 0.219. The third-order valence-electron chi connectivity index (χ3n) is 4.82. The van der Waals surface area contributed by atoms with Gasteiger partial charge < -0.3 is 9.80 Å². The average molecular weight is 311 g/mol. The van der Waals surface area contributed by atoms with Gasteiger partial charge in [-0.2, -0.15) is 0 Å². The zero-order valence-electron chi connectivity index (χ0n) is 16.6. The molecule has 0 aromatic rings. The van der Waals surface area contributed by atoms with Crippen molar-refractivity contribution in [1.82, 2.24) is 9.80 Å². The lowest BCUT2D eigenvalue weighted by Gasteiger charge is -2.32. The fourth-order valence-electron chi connectivity index (χ4n) is 2.43. The van der Waals surface area contributed by atoms with Crippen LogP contribution >= 0.6 is 0 Å². The van der Waals surface area contributed by atoms with Gasteiger partial charge in [0.15, 0.2) is 0 Å². The summed E-state index contributed by atoms with van der Waals surface area (Å²) in [5.41, 5.74) is 0. The summed E-state index contributed by atoms with van der Waals surface area (Å²) in [5, 5.41) is 0. The van der Waals surface area contributed by atoms with Gasteiger partial charge in [0, 0.05) is 24.2 Å². The van der Waals surface area contributed by atoms with E-state index in [0.29, 0.717) is 24.2 Å². The predicted molar refractivity (Wildman–Crippen MR) is 103 cm³/mol. The Labute approximate surface area is 141 Å². The summed E-state index contributed by atoms with van der Waals surface area (Å²) in [5.74, 6) is 0. The van der Waals surface area contributed by atoms with Crippen LogP contribution in [0, 0.1) is 0 Å². The van der Waals surface area contributed by atoms with Gasteiger partial charge in [-0.3, -0.25) is 0 Å². The maximum absolute atomic E-state index is 3.82. The van der Waals surface area contributed by atoms with Crippen LogP contribution in [-0.2, 0) is 0 Å². The van der Waals surface area contributed by atoms with Crippen molar-refractivity contribution < 1.29 is 0 Å². The van der Waals surface area contributed by atoms with Gasteiger partial charge in [0.2, 0.25) is 0 Å². The summed E-state index contributed by atoms with van der Waals surface area (Å²) in [6, 6.07) is 2.51. The van der Waals surface area contributed by atoms with Crippen LogP contribution in [0.15, 0.2) is 25.6 Å². The molecule has 0 aliphatic heterocycles. The smallest absolute Gasteiger partial charge is 0.0256 e. The average Bonchev–Trinajstić information content (AvgIpc) is 2.55. The minimum absolute atomic E-state index is 0.627. The highest BCUT2D eigenvalue weighted by Crippen LogP contribution is 2.11. The molecule has 0 heterocycles. The predicted octanol–water partition coefficient (Wildman–Crippen LogP) is 6.06. The van der Waals surface area contributed by atoms with E-state index in [2.05, 4.69) is 78.3 Å². The molecule has 0 bridgehead atoms. The van der Waals surface area contributed by atoms with Crippen molar-refractivity contribution in [3.05, 3.63) is 25.6 Å². The second kappa shape index (κ2) is 13.7. The van der Waals surface area contributed by atoms with E-state index in [1.54, 1.807) is 0 Å². The van der Waals surface area contributed by atoms with Crippen LogP contribution in [0.4, 0.5) is 0 Å². The Kier molecular flexibility index (Phi) is 14.6. The molecule has 0 saturated carbocycles. The van der Waals surface area contributed by atoms with Crippen LogP contribution in [-0.4, -0.2) is 34.0 Å². The van der Waals surface area contributed by atoms with Crippen molar-refractivity contribution in [2.24, 2.45) is 0 Å². The molecule has 4 atom stereocenters. The molecule has 0 rings (SSSR count). The van der Waals surface area contributed by atoms with Crippen molar-refractivity contribution >= 4 is 0 Å². The Morgan fingerprint density at radius 1 is 0.591 bits per heavy atom. The van der Waals surface area contributed by atoms with E-state index >= 15 is 0 Å².